The van der Waals surface area contributed by atoms with Crippen molar-refractivity contribution in [3.8, 4) is 17.2 Å². The highest BCUT2D eigenvalue weighted by molar-refractivity contribution is 6.32. The Bertz CT molecular complexity index is 969. The molecule has 0 radical (unpaired) electrons. The van der Waals surface area contributed by atoms with E-state index in [0.29, 0.717) is 34.4 Å². The standard InChI is InChI=1S/C20H20ClN3O3/c1-4-27-19-17(21)10-14(11-18(19)26-3)20(25)23-15-6-5-7-16(12-15)24-13(2)8-9-22-24/h5-12H,4H2,1-3H3,(H,23,25). The number of carbonyl (C=O) groups excluding carboxylic acids is 1. The Morgan fingerprint density at radius 3 is 2.74 bits per heavy atom. The summed E-state index contributed by atoms with van der Waals surface area (Å²) in [5.41, 5.74) is 2.89. The molecule has 1 N–H and O–H groups in total. The summed E-state index contributed by atoms with van der Waals surface area (Å²) in [5, 5.41) is 7.48. The summed E-state index contributed by atoms with van der Waals surface area (Å²) < 4.78 is 12.6. The van der Waals surface area contributed by atoms with Crippen molar-refractivity contribution >= 4 is 23.2 Å². The predicted molar refractivity (Wildman–Crippen MR) is 105 cm³/mol. The van der Waals surface area contributed by atoms with Crippen LogP contribution in [0.5, 0.6) is 11.5 Å². The second kappa shape index (κ2) is 8.14. The van der Waals surface area contributed by atoms with Gasteiger partial charge in [-0.05, 0) is 50.2 Å². The molecule has 0 fully saturated rings. The fourth-order valence-electron chi connectivity index (χ4n) is 2.69. The number of ether oxygens (including phenoxy) is 2. The number of amides is 1. The topological polar surface area (TPSA) is 65.4 Å². The number of hydrogen-bond acceptors (Lipinski definition) is 4. The number of carbonyl (C=O) groups is 1. The molecule has 140 valence electrons. The third kappa shape index (κ3) is 4.06. The number of aryl methyl sites for hydroxylation is 1. The van der Waals surface area contributed by atoms with E-state index in [4.69, 9.17) is 21.1 Å². The average Bonchev–Trinajstić information content (AvgIpc) is 3.09. The maximum atomic E-state index is 12.7. The molecule has 1 aromatic heterocycles. The monoisotopic (exact) mass is 385 g/mol. The molecule has 1 heterocycles. The number of halogens is 1. The number of nitrogens with zero attached hydrogens (tertiary/aromatic N) is 2. The van der Waals surface area contributed by atoms with E-state index in [9.17, 15) is 4.79 Å². The van der Waals surface area contributed by atoms with Crippen LogP contribution in [0.2, 0.25) is 5.02 Å². The second-order valence-electron chi connectivity index (χ2n) is 5.81. The normalized spacial score (nSPS) is 10.5. The number of rotatable bonds is 6. The molecule has 0 bridgehead atoms. The van der Waals surface area contributed by atoms with Crippen molar-refractivity contribution in [2.45, 2.75) is 13.8 Å². The van der Waals surface area contributed by atoms with Gasteiger partial charge >= 0.3 is 0 Å². The maximum absolute atomic E-state index is 12.7. The molecule has 0 saturated heterocycles. The Hall–Kier alpha value is -2.99. The van der Waals surface area contributed by atoms with Crippen molar-refractivity contribution in [1.29, 1.82) is 0 Å². The summed E-state index contributed by atoms with van der Waals surface area (Å²) >= 11 is 6.25. The Morgan fingerprint density at radius 1 is 1.26 bits per heavy atom. The minimum atomic E-state index is -0.299. The van der Waals surface area contributed by atoms with Gasteiger partial charge in [0.2, 0.25) is 0 Å². The molecule has 0 aliphatic rings. The van der Waals surface area contributed by atoms with Gasteiger partial charge in [-0.3, -0.25) is 4.79 Å². The lowest BCUT2D eigenvalue weighted by Crippen LogP contribution is -2.13. The molecule has 6 nitrogen and oxygen atoms in total. The lowest BCUT2D eigenvalue weighted by atomic mass is 10.1. The largest absolute Gasteiger partial charge is 0.493 e. The molecule has 3 rings (SSSR count). The van der Waals surface area contributed by atoms with E-state index in [0.717, 1.165) is 11.4 Å². The summed E-state index contributed by atoms with van der Waals surface area (Å²) in [5.74, 6) is 0.539. The zero-order valence-electron chi connectivity index (χ0n) is 15.3. The van der Waals surface area contributed by atoms with Crippen LogP contribution in [-0.2, 0) is 0 Å². The van der Waals surface area contributed by atoms with Gasteiger partial charge in [-0.2, -0.15) is 5.10 Å². The smallest absolute Gasteiger partial charge is 0.255 e. The number of hydrogen-bond donors (Lipinski definition) is 1. The summed E-state index contributed by atoms with van der Waals surface area (Å²) in [7, 11) is 1.51. The average molecular weight is 386 g/mol. The van der Waals surface area contributed by atoms with Gasteiger partial charge in [0.25, 0.3) is 5.91 Å². The molecule has 1 amide bonds. The SMILES string of the molecule is CCOc1c(Cl)cc(C(=O)Nc2cccc(-n3nccc3C)c2)cc1OC. The van der Waals surface area contributed by atoms with Gasteiger partial charge in [0.05, 0.1) is 24.4 Å². The van der Waals surface area contributed by atoms with Gasteiger partial charge in [-0.15, -0.1) is 0 Å². The lowest BCUT2D eigenvalue weighted by molar-refractivity contribution is 0.102. The number of methoxy groups -OCH3 is 1. The minimum Gasteiger partial charge on any atom is -0.493 e. The molecule has 2 aromatic carbocycles. The summed E-state index contributed by atoms with van der Waals surface area (Å²) in [6, 6.07) is 12.5. The summed E-state index contributed by atoms with van der Waals surface area (Å²) in [6.07, 6.45) is 1.73. The van der Waals surface area contributed by atoms with Crippen LogP contribution < -0.4 is 14.8 Å². The molecule has 0 aliphatic carbocycles. The Kier molecular flexibility index (Phi) is 5.66. The van der Waals surface area contributed by atoms with E-state index in [1.165, 1.54) is 7.11 Å². The first kappa shape index (κ1) is 18.8. The van der Waals surface area contributed by atoms with Crippen LogP contribution in [0.25, 0.3) is 5.69 Å². The van der Waals surface area contributed by atoms with Gasteiger partial charge in [-0.1, -0.05) is 17.7 Å². The Balaban J connectivity index is 1.86. The number of aromatic nitrogens is 2. The van der Waals surface area contributed by atoms with Gasteiger partial charge in [0.1, 0.15) is 0 Å². The fourth-order valence-corrected chi connectivity index (χ4v) is 2.96. The molecule has 0 atom stereocenters. The van der Waals surface area contributed by atoms with Crippen LogP contribution in [0, 0.1) is 6.92 Å². The quantitative estimate of drug-likeness (QED) is 0.678. The Labute approximate surface area is 162 Å². The van der Waals surface area contributed by atoms with Crippen LogP contribution in [-0.4, -0.2) is 29.4 Å². The van der Waals surface area contributed by atoms with Crippen molar-refractivity contribution in [3.05, 3.63) is 64.9 Å². The molecule has 0 saturated carbocycles. The van der Waals surface area contributed by atoms with Crippen LogP contribution in [0.4, 0.5) is 5.69 Å². The van der Waals surface area contributed by atoms with Crippen LogP contribution in [0.15, 0.2) is 48.7 Å². The van der Waals surface area contributed by atoms with Crippen molar-refractivity contribution in [3.63, 3.8) is 0 Å². The maximum Gasteiger partial charge on any atom is 0.255 e. The molecule has 27 heavy (non-hydrogen) atoms. The van der Waals surface area contributed by atoms with E-state index >= 15 is 0 Å². The van der Waals surface area contributed by atoms with E-state index in [1.807, 2.05) is 44.2 Å². The molecule has 7 heteroatoms. The lowest BCUT2D eigenvalue weighted by Gasteiger charge is -2.13. The number of anilines is 1. The first-order chi connectivity index (χ1) is 13.0. The second-order valence-corrected chi connectivity index (χ2v) is 6.22. The van der Waals surface area contributed by atoms with Gasteiger partial charge in [0, 0.05) is 23.1 Å². The number of nitrogens with one attached hydrogen (secondary N) is 1. The number of benzene rings is 2. The highest BCUT2D eigenvalue weighted by Gasteiger charge is 2.16. The molecular weight excluding hydrogens is 366 g/mol. The summed E-state index contributed by atoms with van der Waals surface area (Å²) in [6.45, 7) is 4.26. The molecule has 0 aliphatic heterocycles. The highest BCUT2D eigenvalue weighted by Crippen LogP contribution is 2.36. The van der Waals surface area contributed by atoms with E-state index in [1.54, 1.807) is 23.0 Å². The minimum absolute atomic E-state index is 0.299. The molecule has 0 unspecified atom stereocenters. The molecule has 3 aromatic rings. The summed E-state index contributed by atoms with van der Waals surface area (Å²) in [4.78, 5) is 12.7. The van der Waals surface area contributed by atoms with Crippen LogP contribution in [0.3, 0.4) is 0 Å². The van der Waals surface area contributed by atoms with E-state index in [-0.39, 0.29) is 5.91 Å². The van der Waals surface area contributed by atoms with Crippen molar-refractivity contribution < 1.29 is 14.3 Å². The van der Waals surface area contributed by atoms with Crippen molar-refractivity contribution in [2.24, 2.45) is 0 Å². The van der Waals surface area contributed by atoms with Crippen LogP contribution in [0.1, 0.15) is 23.0 Å². The van der Waals surface area contributed by atoms with E-state index in [2.05, 4.69) is 10.4 Å². The van der Waals surface area contributed by atoms with Gasteiger partial charge < -0.3 is 14.8 Å². The predicted octanol–water partition coefficient (Wildman–Crippen LogP) is 4.49. The molecular formula is C20H20ClN3O3. The zero-order valence-corrected chi connectivity index (χ0v) is 16.1. The first-order valence-electron chi connectivity index (χ1n) is 8.46. The Morgan fingerprint density at radius 2 is 2.07 bits per heavy atom. The highest BCUT2D eigenvalue weighted by atomic mass is 35.5. The van der Waals surface area contributed by atoms with E-state index < -0.39 is 0 Å². The zero-order chi connectivity index (χ0) is 19.4. The van der Waals surface area contributed by atoms with Gasteiger partial charge in [0.15, 0.2) is 11.5 Å². The van der Waals surface area contributed by atoms with Crippen molar-refractivity contribution in [1.82, 2.24) is 9.78 Å². The van der Waals surface area contributed by atoms with Crippen molar-refractivity contribution in [2.75, 3.05) is 19.0 Å². The molecule has 0 spiro atoms. The fraction of sp³-hybridized carbons (Fsp3) is 0.200. The first-order valence-corrected chi connectivity index (χ1v) is 8.84. The third-order valence-corrected chi connectivity index (χ3v) is 4.24. The van der Waals surface area contributed by atoms with Gasteiger partial charge in [-0.25, -0.2) is 4.68 Å². The van der Waals surface area contributed by atoms with Crippen LogP contribution >= 0.6 is 11.6 Å². The third-order valence-electron chi connectivity index (χ3n) is 3.96.